The number of methoxy groups -OCH3 is 1. The average Bonchev–Trinajstić information content (AvgIpc) is 3.00. The van der Waals surface area contributed by atoms with E-state index in [2.05, 4.69) is 44.4 Å². The first kappa shape index (κ1) is 16.3. The molecule has 0 atom stereocenters. The maximum atomic E-state index is 5.70. The van der Waals surface area contributed by atoms with Gasteiger partial charge >= 0.3 is 0 Å². The Kier molecular flexibility index (Phi) is 4.16. The van der Waals surface area contributed by atoms with Gasteiger partial charge in [0, 0.05) is 35.9 Å². The minimum atomic E-state index is 0.658. The molecule has 0 bridgehead atoms. The summed E-state index contributed by atoms with van der Waals surface area (Å²) >= 11 is 0. The molecule has 1 aromatic carbocycles. The smallest absolute Gasteiger partial charge is 0.141 e. The molecule has 2 aromatic heterocycles. The number of nitrogens with zero attached hydrogens (tertiary/aromatic N) is 4. The van der Waals surface area contributed by atoms with Crippen molar-refractivity contribution in [1.29, 1.82) is 0 Å². The maximum Gasteiger partial charge on any atom is 0.141 e. The van der Waals surface area contributed by atoms with Gasteiger partial charge in [0.1, 0.15) is 11.5 Å². The van der Waals surface area contributed by atoms with Crippen LogP contribution in [0.4, 0.5) is 5.69 Å². The zero-order valence-corrected chi connectivity index (χ0v) is 15.1. The molecule has 6 nitrogen and oxygen atoms in total. The third kappa shape index (κ3) is 2.83. The van der Waals surface area contributed by atoms with Gasteiger partial charge in [0.2, 0.25) is 0 Å². The van der Waals surface area contributed by atoms with Crippen LogP contribution in [0.5, 0.6) is 5.75 Å². The Bertz CT molecular complexity index is 944. The van der Waals surface area contributed by atoms with Crippen LogP contribution in [0.3, 0.4) is 0 Å². The van der Waals surface area contributed by atoms with Crippen molar-refractivity contribution in [3.63, 3.8) is 0 Å². The van der Waals surface area contributed by atoms with Gasteiger partial charge < -0.3 is 14.2 Å². The van der Waals surface area contributed by atoms with Crippen molar-refractivity contribution in [3.8, 4) is 16.9 Å². The van der Waals surface area contributed by atoms with E-state index in [1.165, 1.54) is 5.56 Å². The number of benzene rings is 1. The number of aryl methyl sites for hydroxylation is 2. The van der Waals surface area contributed by atoms with Gasteiger partial charge in [-0.2, -0.15) is 0 Å². The number of ether oxygens (including phenoxy) is 1. The topological polar surface area (TPSA) is 64.3 Å². The number of rotatable bonds is 4. The fourth-order valence-corrected chi connectivity index (χ4v) is 3.39. The molecule has 0 N–H and O–H groups in total. The number of fused-ring (bicyclic) bond motifs is 1. The first-order valence-electron chi connectivity index (χ1n) is 8.49. The molecule has 6 heteroatoms. The van der Waals surface area contributed by atoms with E-state index in [0.29, 0.717) is 6.54 Å². The summed E-state index contributed by atoms with van der Waals surface area (Å²) in [6.45, 7) is 4.53. The first-order chi connectivity index (χ1) is 12.7. The predicted octanol–water partition coefficient (Wildman–Crippen LogP) is 3.83. The normalized spacial score (nSPS) is 13.0. The molecule has 26 heavy (non-hydrogen) atoms. The van der Waals surface area contributed by atoms with Gasteiger partial charge in [0.05, 0.1) is 36.8 Å². The van der Waals surface area contributed by atoms with Crippen molar-refractivity contribution in [1.82, 2.24) is 15.1 Å². The molecule has 132 valence electrons. The highest BCUT2D eigenvalue weighted by molar-refractivity contribution is 5.79. The van der Waals surface area contributed by atoms with Crippen molar-refractivity contribution >= 4 is 5.69 Å². The summed E-state index contributed by atoms with van der Waals surface area (Å²) < 4.78 is 11.0. The fourth-order valence-electron chi connectivity index (χ4n) is 3.39. The van der Waals surface area contributed by atoms with Crippen LogP contribution in [-0.4, -0.2) is 22.2 Å². The summed E-state index contributed by atoms with van der Waals surface area (Å²) in [6.07, 6.45) is 10.3. The predicted molar refractivity (Wildman–Crippen MR) is 99.0 cm³/mol. The Balaban J connectivity index is 1.78. The van der Waals surface area contributed by atoms with E-state index >= 15 is 0 Å². The van der Waals surface area contributed by atoms with Gasteiger partial charge in [-0.3, -0.25) is 9.97 Å². The van der Waals surface area contributed by atoms with Crippen molar-refractivity contribution in [2.75, 3.05) is 12.0 Å². The third-order valence-electron chi connectivity index (χ3n) is 4.59. The molecule has 0 spiro atoms. The highest BCUT2D eigenvalue weighted by Crippen LogP contribution is 2.41. The van der Waals surface area contributed by atoms with Crippen LogP contribution in [0.2, 0.25) is 0 Å². The monoisotopic (exact) mass is 348 g/mol. The molecule has 0 saturated carbocycles. The van der Waals surface area contributed by atoms with Crippen molar-refractivity contribution in [2.24, 2.45) is 0 Å². The summed E-state index contributed by atoms with van der Waals surface area (Å²) in [6, 6.07) is 4.25. The fraction of sp³-hybridized carbons (Fsp3) is 0.250. The zero-order valence-electron chi connectivity index (χ0n) is 15.1. The Labute approximate surface area is 152 Å². The van der Waals surface area contributed by atoms with Crippen LogP contribution in [0.15, 0.2) is 47.5 Å². The van der Waals surface area contributed by atoms with Gasteiger partial charge in [0.25, 0.3) is 0 Å². The first-order valence-corrected chi connectivity index (χ1v) is 8.49. The second-order valence-electron chi connectivity index (χ2n) is 6.29. The molecule has 3 heterocycles. The molecule has 0 radical (unpaired) electrons. The lowest BCUT2D eigenvalue weighted by Crippen LogP contribution is -2.20. The van der Waals surface area contributed by atoms with Crippen LogP contribution in [0, 0.1) is 13.8 Å². The van der Waals surface area contributed by atoms with Crippen molar-refractivity contribution in [3.05, 3.63) is 65.7 Å². The molecule has 0 saturated heterocycles. The molecular weight excluding hydrogens is 328 g/mol. The molecule has 4 rings (SSSR count). The van der Waals surface area contributed by atoms with E-state index in [0.717, 1.165) is 46.1 Å². The molecule has 1 aliphatic rings. The highest BCUT2D eigenvalue weighted by atomic mass is 16.5. The number of allylic oxidation sites excluding steroid dienone is 1. The van der Waals surface area contributed by atoms with Gasteiger partial charge in [-0.15, -0.1) is 0 Å². The van der Waals surface area contributed by atoms with Crippen LogP contribution >= 0.6 is 0 Å². The summed E-state index contributed by atoms with van der Waals surface area (Å²) in [5, 5.41) is 4.08. The second-order valence-corrected chi connectivity index (χ2v) is 6.29. The van der Waals surface area contributed by atoms with E-state index in [4.69, 9.17) is 9.26 Å². The standard InChI is InChI=1S/C20H20N4O2/c1-13-20(14(2)26-23-13)17-9-15-5-4-8-24(18(15)10-19(17)25-3)12-16-11-21-6-7-22-16/h4,6-11H,5,12H2,1-3H3. The molecule has 1 aliphatic heterocycles. The largest absolute Gasteiger partial charge is 0.496 e. The van der Waals surface area contributed by atoms with E-state index in [-0.39, 0.29) is 0 Å². The quantitative estimate of drug-likeness (QED) is 0.714. The number of anilines is 1. The Hall–Kier alpha value is -3.15. The van der Waals surface area contributed by atoms with Crippen molar-refractivity contribution < 1.29 is 9.26 Å². The molecule has 0 aliphatic carbocycles. The Morgan fingerprint density at radius 3 is 2.81 bits per heavy atom. The van der Waals surface area contributed by atoms with Crippen LogP contribution in [0.1, 0.15) is 22.7 Å². The Morgan fingerprint density at radius 1 is 1.23 bits per heavy atom. The summed E-state index contributed by atoms with van der Waals surface area (Å²) in [4.78, 5) is 10.7. The highest BCUT2D eigenvalue weighted by Gasteiger charge is 2.22. The average molecular weight is 348 g/mol. The zero-order chi connectivity index (χ0) is 18.1. The number of hydrogen-bond donors (Lipinski definition) is 0. The summed E-state index contributed by atoms with van der Waals surface area (Å²) in [7, 11) is 1.69. The third-order valence-corrected chi connectivity index (χ3v) is 4.59. The van der Waals surface area contributed by atoms with Gasteiger partial charge in [-0.05, 0) is 31.9 Å². The molecule has 0 amide bonds. The minimum Gasteiger partial charge on any atom is -0.496 e. The minimum absolute atomic E-state index is 0.658. The lowest BCUT2D eigenvalue weighted by atomic mass is 9.96. The van der Waals surface area contributed by atoms with Crippen LogP contribution < -0.4 is 9.64 Å². The lowest BCUT2D eigenvalue weighted by Gasteiger charge is -2.27. The van der Waals surface area contributed by atoms with Crippen molar-refractivity contribution in [2.45, 2.75) is 26.8 Å². The molecular formula is C20H20N4O2. The Morgan fingerprint density at radius 2 is 2.12 bits per heavy atom. The van der Waals surface area contributed by atoms with E-state index < -0.39 is 0 Å². The number of aromatic nitrogens is 3. The van der Waals surface area contributed by atoms with E-state index in [9.17, 15) is 0 Å². The molecule has 3 aromatic rings. The molecule has 0 unspecified atom stereocenters. The lowest BCUT2D eigenvalue weighted by molar-refractivity contribution is 0.393. The molecule has 0 fully saturated rings. The SMILES string of the molecule is COc1cc2c(cc1-c1c(C)noc1C)CC=CN2Cc1cnccn1. The maximum absolute atomic E-state index is 5.70. The van der Waals surface area contributed by atoms with Gasteiger partial charge in [0.15, 0.2) is 0 Å². The van der Waals surface area contributed by atoms with E-state index in [1.54, 1.807) is 25.7 Å². The van der Waals surface area contributed by atoms with Crippen LogP contribution in [0.25, 0.3) is 11.1 Å². The number of hydrogen-bond acceptors (Lipinski definition) is 6. The summed E-state index contributed by atoms with van der Waals surface area (Å²) in [5.74, 6) is 1.60. The van der Waals surface area contributed by atoms with E-state index in [1.807, 2.05) is 13.8 Å². The van der Waals surface area contributed by atoms with Crippen LogP contribution in [-0.2, 0) is 13.0 Å². The second kappa shape index (κ2) is 6.63. The van der Waals surface area contributed by atoms with Gasteiger partial charge in [-0.1, -0.05) is 11.2 Å². The summed E-state index contributed by atoms with van der Waals surface area (Å²) in [5.41, 5.74) is 6.14. The van der Waals surface area contributed by atoms with Gasteiger partial charge in [-0.25, -0.2) is 0 Å².